The van der Waals surface area contributed by atoms with Gasteiger partial charge in [0.25, 0.3) is 0 Å². The van der Waals surface area contributed by atoms with Gasteiger partial charge in [0.05, 0.1) is 24.4 Å². The number of carboxylic acid groups (broad SMARTS) is 1. The van der Waals surface area contributed by atoms with Gasteiger partial charge in [-0.25, -0.2) is 9.78 Å². The average molecular weight is 651 g/mol. The van der Waals surface area contributed by atoms with Crippen LogP contribution < -0.4 is 5.32 Å². The molecule has 1 aromatic heterocycles. The molecule has 0 aliphatic carbocycles. The van der Waals surface area contributed by atoms with Crippen molar-refractivity contribution in [1.82, 2.24) is 15.3 Å². The standard InChI is InChI=1S/C30H31Cl2N3O2.C2HF3O2/c1-2-23(36)11-4-3-5-14-27(34-29(37)18-24-25(31)12-8-13-26(24)32)30-33-19-28(35-30)22-16-15-20-9-6-7-10-21(20)17-22;3-2(4,5)1(6)7/h6-10,12-13,15-17,19,27H,2-5,11,14,18H2,1H3,(H,33,35)(H,34,37);(H,6,7)/t27-;/m0./s1. The van der Waals surface area contributed by atoms with Crippen LogP contribution in [0, 0.1) is 0 Å². The minimum atomic E-state index is -5.08. The number of aliphatic carboxylic acids is 1. The van der Waals surface area contributed by atoms with Gasteiger partial charge in [-0.05, 0) is 47.4 Å². The summed E-state index contributed by atoms with van der Waals surface area (Å²) in [6, 6.07) is 19.4. The molecule has 1 amide bonds. The number of unbranched alkanes of at least 4 members (excludes halogenated alkanes) is 2. The van der Waals surface area contributed by atoms with E-state index < -0.39 is 12.1 Å². The zero-order valence-electron chi connectivity index (χ0n) is 23.9. The van der Waals surface area contributed by atoms with Crippen molar-refractivity contribution >= 4 is 51.6 Å². The minimum Gasteiger partial charge on any atom is -0.475 e. The molecule has 1 atom stereocenters. The lowest BCUT2D eigenvalue weighted by Crippen LogP contribution is -2.30. The molecule has 3 N–H and O–H groups in total. The van der Waals surface area contributed by atoms with Crippen LogP contribution in [0.4, 0.5) is 13.2 Å². The number of ketones is 1. The summed E-state index contributed by atoms with van der Waals surface area (Å²) in [6.45, 7) is 1.89. The Bertz CT molecular complexity index is 1570. The van der Waals surface area contributed by atoms with Gasteiger partial charge in [0.15, 0.2) is 0 Å². The highest BCUT2D eigenvalue weighted by molar-refractivity contribution is 6.36. The monoisotopic (exact) mass is 649 g/mol. The van der Waals surface area contributed by atoms with Crippen LogP contribution in [-0.4, -0.2) is 38.9 Å². The fraction of sp³-hybridized carbons (Fsp3) is 0.312. The number of hydrogen-bond donors (Lipinski definition) is 3. The van der Waals surface area contributed by atoms with Gasteiger partial charge in [0.2, 0.25) is 5.91 Å². The molecule has 0 spiro atoms. The van der Waals surface area contributed by atoms with Gasteiger partial charge in [-0.1, -0.05) is 85.4 Å². The molecule has 234 valence electrons. The molecule has 44 heavy (non-hydrogen) atoms. The highest BCUT2D eigenvalue weighted by Crippen LogP contribution is 2.27. The number of alkyl halides is 3. The van der Waals surface area contributed by atoms with E-state index in [2.05, 4.69) is 45.6 Å². The maximum atomic E-state index is 13.0. The Morgan fingerprint density at radius 2 is 1.61 bits per heavy atom. The zero-order chi connectivity index (χ0) is 32.3. The van der Waals surface area contributed by atoms with Gasteiger partial charge < -0.3 is 15.4 Å². The third-order valence-corrected chi connectivity index (χ3v) is 7.51. The van der Waals surface area contributed by atoms with Crippen molar-refractivity contribution in [2.75, 3.05) is 0 Å². The molecule has 4 rings (SSSR count). The maximum Gasteiger partial charge on any atom is 0.490 e. The number of aromatic nitrogens is 2. The van der Waals surface area contributed by atoms with Crippen molar-refractivity contribution in [3.63, 3.8) is 0 Å². The molecule has 0 saturated heterocycles. The van der Waals surface area contributed by atoms with Gasteiger partial charge in [-0.15, -0.1) is 0 Å². The van der Waals surface area contributed by atoms with E-state index >= 15 is 0 Å². The Morgan fingerprint density at radius 3 is 2.25 bits per heavy atom. The molecule has 0 unspecified atom stereocenters. The van der Waals surface area contributed by atoms with Gasteiger partial charge in [0, 0.05) is 28.5 Å². The van der Waals surface area contributed by atoms with Crippen LogP contribution in [0.2, 0.25) is 10.0 Å². The number of halogens is 5. The number of hydrogen-bond acceptors (Lipinski definition) is 4. The number of amides is 1. The molecule has 0 aliphatic heterocycles. The molecule has 0 radical (unpaired) electrons. The Kier molecular flexibility index (Phi) is 12.8. The number of fused-ring (bicyclic) bond motifs is 1. The first kappa shape index (κ1) is 34.6. The van der Waals surface area contributed by atoms with E-state index in [4.69, 9.17) is 33.1 Å². The third-order valence-electron chi connectivity index (χ3n) is 6.81. The van der Waals surface area contributed by atoms with Crippen LogP contribution in [0.25, 0.3) is 22.0 Å². The Labute approximate surface area is 262 Å². The van der Waals surface area contributed by atoms with Crippen LogP contribution >= 0.6 is 23.2 Å². The number of nitrogens with one attached hydrogen (secondary N) is 2. The van der Waals surface area contributed by atoms with E-state index in [0.717, 1.165) is 35.9 Å². The molecule has 1 heterocycles. The van der Waals surface area contributed by atoms with Crippen LogP contribution in [0.5, 0.6) is 0 Å². The number of aromatic amines is 1. The molecule has 12 heteroatoms. The van der Waals surface area contributed by atoms with E-state index in [0.29, 0.717) is 40.7 Å². The van der Waals surface area contributed by atoms with E-state index in [1.54, 1.807) is 18.2 Å². The van der Waals surface area contributed by atoms with Crippen molar-refractivity contribution in [3.05, 3.63) is 88.3 Å². The quantitative estimate of drug-likeness (QED) is 0.133. The van der Waals surface area contributed by atoms with Crippen molar-refractivity contribution in [2.24, 2.45) is 0 Å². The summed E-state index contributed by atoms with van der Waals surface area (Å²) >= 11 is 12.6. The first-order chi connectivity index (χ1) is 20.9. The lowest BCUT2D eigenvalue weighted by Gasteiger charge is -2.17. The van der Waals surface area contributed by atoms with Gasteiger partial charge >= 0.3 is 12.1 Å². The number of carbonyl (C=O) groups excluding carboxylic acids is 2. The number of Topliss-reactive ketones (excluding diaryl/α,β-unsaturated/α-hetero) is 1. The topological polar surface area (TPSA) is 112 Å². The Balaban J connectivity index is 0.000000676. The average Bonchev–Trinajstić information content (AvgIpc) is 3.48. The number of benzene rings is 3. The van der Waals surface area contributed by atoms with Gasteiger partial charge in [-0.3, -0.25) is 9.59 Å². The maximum absolute atomic E-state index is 13.0. The number of rotatable bonds is 12. The first-order valence-electron chi connectivity index (χ1n) is 14.0. The van der Waals surface area contributed by atoms with Crippen molar-refractivity contribution in [2.45, 2.75) is 64.1 Å². The van der Waals surface area contributed by atoms with Crippen LogP contribution in [0.15, 0.2) is 66.9 Å². The van der Waals surface area contributed by atoms with Crippen molar-refractivity contribution in [1.29, 1.82) is 0 Å². The molecule has 3 aromatic carbocycles. The van der Waals surface area contributed by atoms with E-state index in [-0.39, 0.29) is 24.2 Å². The normalized spacial score (nSPS) is 11.9. The molecule has 0 aliphatic rings. The number of carbonyl (C=O) groups is 3. The molecule has 0 bridgehead atoms. The number of nitrogens with zero attached hydrogens (tertiary/aromatic N) is 1. The molecular formula is C32H32Cl2F3N3O4. The summed E-state index contributed by atoms with van der Waals surface area (Å²) in [7, 11) is 0. The SMILES string of the molecule is CCC(=O)CCCCC[C@H](NC(=O)Cc1c(Cl)cccc1Cl)c1ncc(-c2ccc3ccccc3c2)[nH]1.O=C(O)C(F)(F)F. The second kappa shape index (κ2) is 16.3. The molecular weight excluding hydrogens is 618 g/mol. The smallest absolute Gasteiger partial charge is 0.475 e. The first-order valence-corrected chi connectivity index (χ1v) is 14.7. The fourth-order valence-corrected chi connectivity index (χ4v) is 4.96. The molecule has 4 aromatic rings. The summed E-state index contributed by atoms with van der Waals surface area (Å²) in [5, 5.41) is 13.5. The number of imidazole rings is 1. The van der Waals surface area contributed by atoms with E-state index in [9.17, 15) is 22.8 Å². The minimum absolute atomic E-state index is 0.0816. The summed E-state index contributed by atoms with van der Waals surface area (Å²) < 4.78 is 31.7. The highest BCUT2D eigenvalue weighted by atomic mass is 35.5. The third kappa shape index (κ3) is 10.4. The summed E-state index contributed by atoms with van der Waals surface area (Å²) in [6.07, 6.45) is 1.31. The van der Waals surface area contributed by atoms with Gasteiger partial charge in [0.1, 0.15) is 11.6 Å². The van der Waals surface area contributed by atoms with E-state index in [1.807, 2.05) is 25.3 Å². The lowest BCUT2D eigenvalue weighted by atomic mass is 10.0. The second-order valence-electron chi connectivity index (χ2n) is 10.0. The Hall–Kier alpha value is -3.89. The molecule has 0 fully saturated rings. The van der Waals surface area contributed by atoms with Crippen LogP contribution in [0.1, 0.15) is 62.9 Å². The van der Waals surface area contributed by atoms with Gasteiger partial charge in [-0.2, -0.15) is 13.2 Å². The predicted molar refractivity (Wildman–Crippen MR) is 165 cm³/mol. The summed E-state index contributed by atoms with van der Waals surface area (Å²) in [4.78, 5) is 41.6. The Morgan fingerprint density at radius 1 is 0.955 bits per heavy atom. The largest absolute Gasteiger partial charge is 0.490 e. The summed E-state index contributed by atoms with van der Waals surface area (Å²) in [5.74, 6) is -1.95. The van der Waals surface area contributed by atoms with Crippen LogP contribution in [-0.2, 0) is 20.8 Å². The van der Waals surface area contributed by atoms with Crippen LogP contribution in [0.3, 0.4) is 0 Å². The zero-order valence-corrected chi connectivity index (χ0v) is 25.4. The summed E-state index contributed by atoms with van der Waals surface area (Å²) in [5.41, 5.74) is 2.53. The predicted octanol–water partition coefficient (Wildman–Crippen LogP) is 8.50. The van der Waals surface area contributed by atoms with Crippen molar-refractivity contribution < 1.29 is 32.7 Å². The number of H-pyrrole nitrogens is 1. The fourth-order valence-electron chi connectivity index (χ4n) is 4.43. The molecule has 0 saturated carbocycles. The van der Waals surface area contributed by atoms with E-state index in [1.165, 1.54) is 5.39 Å². The lowest BCUT2D eigenvalue weighted by molar-refractivity contribution is -0.192. The number of carboxylic acids is 1. The molecule has 7 nitrogen and oxygen atoms in total. The van der Waals surface area contributed by atoms with Crippen molar-refractivity contribution in [3.8, 4) is 11.3 Å². The highest BCUT2D eigenvalue weighted by Gasteiger charge is 2.38. The second-order valence-corrected chi connectivity index (χ2v) is 10.9.